The average Bonchev–Trinajstić information content (AvgIpc) is 3.01. The number of aliphatic carboxylic acids is 1. The first-order chi connectivity index (χ1) is 8.20. The molecular formula is C11H9F3O4. The molecular weight excluding hydrogens is 253 g/mol. The average molecular weight is 262 g/mol. The highest BCUT2D eigenvalue weighted by atomic mass is 19.4. The maximum absolute atomic E-state index is 12.8. The molecule has 0 unspecified atom stereocenters. The molecule has 0 spiro atoms. The van der Waals surface area contributed by atoms with Crippen molar-refractivity contribution in [1.82, 2.24) is 0 Å². The fourth-order valence-electron chi connectivity index (χ4n) is 2.00. The summed E-state index contributed by atoms with van der Waals surface area (Å²) in [7, 11) is 0. The van der Waals surface area contributed by atoms with Crippen molar-refractivity contribution in [2.24, 2.45) is 0 Å². The Bertz CT molecular complexity index is 518. The van der Waals surface area contributed by atoms with Crippen LogP contribution in [-0.4, -0.2) is 21.3 Å². The van der Waals surface area contributed by atoms with Crippen LogP contribution in [0.1, 0.15) is 24.0 Å². The van der Waals surface area contributed by atoms with Gasteiger partial charge in [-0.3, -0.25) is 4.79 Å². The lowest BCUT2D eigenvalue weighted by Crippen LogP contribution is -2.24. The van der Waals surface area contributed by atoms with Gasteiger partial charge in [0.1, 0.15) is 0 Å². The first kappa shape index (κ1) is 12.5. The third-order valence-corrected chi connectivity index (χ3v) is 3.10. The molecule has 4 nitrogen and oxygen atoms in total. The molecule has 0 radical (unpaired) electrons. The topological polar surface area (TPSA) is 77.8 Å². The first-order valence-corrected chi connectivity index (χ1v) is 5.06. The van der Waals surface area contributed by atoms with Gasteiger partial charge >= 0.3 is 12.1 Å². The summed E-state index contributed by atoms with van der Waals surface area (Å²) in [6.45, 7) is 0. The summed E-state index contributed by atoms with van der Waals surface area (Å²) < 4.78 is 38.4. The van der Waals surface area contributed by atoms with Crippen molar-refractivity contribution >= 4 is 5.97 Å². The first-order valence-electron chi connectivity index (χ1n) is 5.06. The van der Waals surface area contributed by atoms with Crippen LogP contribution in [-0.2, 0) is 16.4 Å². The van der Waals surface area contributed by atoms with E-state index in [2.05, 4.69) is 0 Å². The van der Waals surface area contributed by atoms with Gasteiger partial charge in [-0.2, -0.15) is 13.2 Å². The monoisotopic (exact) mass is 262 g/mol. The van der Waals surface area contributed by atoms with Gasteiger partial charge in [0, 0.05) is 5.56 Å². The van der Waals surface area contributed by atoms with Gasteiger partial charge in [0.05, 0.1) is 11.0 Å². The van der Waals surface area contributed by atoms with Crippen LogP contribution in [0.4, 0.5) is 13.2 Å². The van der Waals surface area contributed by atoms with E-state index in [4.69, 9.17) is 5.11 Å². The highest BCUT2D eigenvalue weighted by molar-refractivity contribution is 5.87. The number of phenols is 2. The Kier molecular flexibility index (Phi) is 2.46. The lowest BCUT2D eigenvalue weighted by molar-refractivity contribution is -0.142. The summed E-state index contributed by atoms with van der Waals surface area (Å²) in [5.41, 5.74) is -3.71. The molecule has 0 saturated heterocycles. The minimum Gasteiger partial charge on any atom is -0.504 e. The van der Waals surface area contributed by atoms with Crippen LogP contribution in [0.3, 0.4) is 0 Å². The van der Waals surface area contributed by atoms with E-state index in [1.54, 1.807) is 0 Å². The van der Waals surface area contributed by atoms with Crippen LogP contribution in [0.2, 0.25) is 0 Å². The number of hydrogen-bond donors (Lipinski definition) is 3. The van der Waals surface area contributed by atoms with Gasteiger partial charge in [-0.15, -0.1) is 0 Å². The number of carboxylic acids is 1. The van der Waals surface area contributed by atoms with E-state index in [1.807, 2.05) is 0 Å². The number of hydrogen-bond acceptors (Lipinski definition) is 3. The van der Waals surface area contributed by atoms with Gasteiger partial charge in [-0.1, -0.05) is 0 Å². The molecule has 1 aliphatic carbocycles. The Morgan fingerprint density at radius 2 is 1.78 bits per heavy atom. The molecule has 1 aromatic rings. The van der Waals surface area contributed by atoms with Crippen molar-refractivity contribution < 1.29 is 33.3 Å². The Morgan fingerprint density at radius 1 is 1.22 bits per heavy atom. The number of alkyl halides is 3. The summed E-state index contributed by atoms with van der Waals surface area (Å²) in [5, 5.41) is 27.8. The van der Waals surface area contributed by atoms with Crippen LogP contribution in [0.5, 0.6) is 11.5 Å². The van der Waals surface area contributed by atoms with Gasteiger partial charge < -0.3 is 15.3 Å². The van der Waals surface area contributed by atoms with Gasteiger partial charge in [-0.25, -0.2) is 0 Å². The summed E-state index contributed by atoms with van der Waals surface area (Å²) in [6, 6.07) is 1.27. The van der Waals surface area contributed by atoms with Crippen molar-refractivity contribution in [3.8, 4) is 11.5 Å². The zero-order valence-electron chi connectivity index (χ0n) is 8.95. The summed E-state index contributed by atoms with van der Waals surface area (Å²) in [5.74, 6) is -3.20. The summed E-state index contributed by atoms with van der Waals surface area (Å²) >= 11 is 0. The second-order valence-electron chi connectivity index (χ2n) is 4.24. The van der Waals surface area contributed by atoms with Gasteiger partial charge in [0.2, 0.25) is 0 Å². The van der Waals surface area contributed by atoms with Crippen molar-refractivity contribution in [3.63, 3.8) is 0 Å². The molecule has 0 heterocycles. The minimum atomic E-state index is -4.79. The van der Waals surface area contributed by atoms with E-state index in [-0.39, 0.29) is 12.8 Å². The largest absolute Gasteiger partial charge is 0.504 e. The van der Waals surface area contributed by atoms with Crippen molar-refractivity contribution in [3.05, 3.63) is 23.3 Å². The molecule has 1 aromatic carbocycles. The maximum Gasteiger partial charge on any atom is 0.416 e. The molecule has 0 aromatic heterocycles. The third-order valence-electron chi connectivity index (χ3n) is 3.10. The van der Waals surface area contributed by atoms with Crippen LogP contribution in [0.15, 0.2) is 12.1 Å². The van der Waals surface area contributed by atoms with Crippen LogP contribution in [0.25, 0.3) is 0 Å². The van der Waals surface area contributed by atoms with E-state index in [0.29, 0.717) is 12.1 Å². The molecule has 2 rings (SSSR count). The fraction of sp³-hybridized carbons (Fsp3) is 0.364. The van der Waals surface area contributed by atoms with Crippen LogP contribution < -0.4 is 0 Å². The molecule has 0 amide bonds. The summed E-state index contributed by atoms with van der Waals surface area (Å²) in [6.07, 6.45) is -4.78. The van der Waals surface area contributed by atoms with E-state index < -0.39 is 40.2 Å². The second kappa shape index (κ2) is 3.54. The third kappa shape index (κ3) is 1.66. The normalized spacial score (nSPS) is 17.5. The SMILES string of the molecule is O=C(O)C1(c2c(C(F)(F)F)ccc(O)c2O)CC1. The Morgan fingerprint density at radius 3 is 2.17 bits per heavy atom. The maximum atomic E-state index is 12.8. The Balaban J connectivity index is 2.72. The Hall–Kier alpha value is -1.92. The predicted octanol–water partition coefficient (Wildman–Crippen LogP) is 2.23. The van der Waals surface area contributed by atoms with Gasteiger partial charge in [0.25, 0.3) is 0 Å². The molecule has 7 heteroatoms. The lowest BCUT2D eigenvalue weighted by atomic mass is 9.89. The van der Waals surface area contributed by atoms with E-state index >= 15 is 0 Å². The van der Waals surface area contributed by atoms with Gasteiger partial charge in [-0.05, 0) is 25.0 Å². The molecule has 0 atom stereocenters. The smallest absolute Gasteiger partial charge is 0.416 e. The van der Waals surface area contributed by atoms with Crippen molar-refractivity contribution in [2.75, 3.05) is 0 Å². The molecule has 98 valence electrons. The fourth-order valence-corrected chi connectivity index (χ4v) is 2.00. The number of rotatable bonds is 2. The quantitative estimate of drug-likeness (QED) is 0.714. The van der Waals surface area contributed by atoms with Gasteiger partial charge in [0.15, 0.2) is 11.5 Å². The Labute approximate surface area is 99.3 Å². The number of aromatic hydroxyl groups is 2. The zero-order chi connectivity index (χ0) is 13.7. The molecule has 18 heavy (non-hydrogen) atoms. The molecule has 1 aliphatic rings. The molecule has 0 bridgehead atoms. The van der Waals surface area contributed by atoms with E-state index in [1.165, 1.54) is 0 Å². The van der Waals surface area contributed by atoms with Crippen molar-refractivity contribution in [1.29, 1.82) is 0 Å². The highest BCUT2D eigenvalue weighted by Crippen LogP contribution is 2.56. The standard InChI is InChI=1S/C11H9F3O4/c12-11(13,14)5-1-2-6(15)8(16)7(5)10(3-4-10)9(17)18/h1-2,15-16H,3-4H2,(H,17,18). The zero-order valence-corrected chi connectivity index (χ0v) is 8.95. The molecule has 0 aliphatic heterocycles. The lowest BCUT2D eigenvalue weighted by Gasteiger charge is -2.19. The minimum absolute atomic E-state index is 0.00241. The second-order valence-corrected chi connectivity index (χ2v) is 4.24. The predicted molar refractivity (Wildman–Crippen MR) is 53.3 cm³/mol. The number of carboxylic acid groups (broad SMARTS) is 1. The number of carbonyl (C=O) groups is 1. The molecule has 1 saturated carbocycles. The number of benzene rings is 1. The molecule has 3 N–H and O–H groups in total. The highest BCUT2D eigenvalue weighted by Gasteiger charge is 2.57. The number of halogens is 3. The van der Waals surface area contributed by atoms with Crippen molar-refractivity contribution in [2.45, 2.75) is 24.4 Å². The summed E-state index contributed by atoms with van der Waals surface area (Å²) in [4.78, 5) is 11.1. The number of phenolic OH excluding ortho intramolecular Hbond substituents is 2. The molecule has 1 fully saturated rings. The van der Waals surface area contributed by atoms with E-state index in [0.717, 1.165) is 0 Å². The van der Waals surface area contributed by atoms with Crippen LogP contribution >= 0.6 is 0 Å². The van der Waals surface area contributed by atoms with Crippen LogP contribution in [0, 0.1) is 0 Å². The van der Waals surface area contributed by atoms with E-state index in [9.17, 15) is 28.2 Å².